The quantitative estimate of drug-likeness (QED) is 0.588. The Morgan fingerprint density at radius 2 is 1.69 bits per heavy atom. The molecule has 2 heterocycles. The zero-order valence-electron chi connectivity index (χ0n) is 7.26. The fourth-order valence-corrected chi connectivity index (χ4v) is 3.73. The summed E-state index contributed by atoms with van der Waals surface area (Å²) in [5.74, 6) is 0. The summed E-state index contributed by atoms with van der Waals surface area (Å²) < 4.78 is 23.7. The van der Waals surface area contributed by atoms with E-state index in [0.717, 1.165) is 12.8 Å². The van der Waals surface area contributed by atoms with Gasteiger partial charge in [0.2, 0.25) is 0 Å². The van der Waals surface area contributed by atoms with Crippen molar-refractivity contribution in [3.05, 3.63) is 0 Å². The van der Waals surface area contributed by atoms with Gasteiger partial charge in [0, 0.05) is 12.1 Å². The summed E-state index contributed by atoms with van der Waals surface area (Å²) in [6, 6.07) is -0.132. The SMILES string of the molecule is NS(=O)(=O)N1C2CCC1CC(O)C2. The largest absolute Gasteiger partial charge is 0.393 e. The molecule has 0 spiro atoms. The molecule has 5 nitrogen and oxygen atoms in total. The Kier molecular flexibility index (Phi) is 2.10. The molecule has 3 N–H and O–H groups in total. The molecule has 2 atom stereocenters. The monoisotopic (exact) mass is 206 g/mol. The summed E-state index contributed by atoms with van der Waals surface area (Å²) in [7, 11) is -3.56. The van der Waals surface area contributed by atoms with Gasteiger partial charge in [-0.3, -0.25) is 0 Å². The third kappa shape index (κ3) is 1.59. The normalized spacial score (nSPS) is 40.9. The molecule has 0 amide bonds. The number of aliphatic hydroxyl groups is 1. The molecule has 2 aliphatic rings. The molecule has 0 radical (unpaired) electrons. The van der Waals surface area contributed by atoms with E-state index < -0.39 is 10.2 Å². The molecule has 0 aromatic carbocycles. The Morgan fingerprint density at radius 3 is 2.08 bits per heavy atom. The molecule has 2 unspecified atom stereocenters. The van der Waals surface area contributed by atoms with Crippen LogP contribution in [0.15, 0.2) is 0 Å². The molecule has 2 fully saturated rings. The van der Waals surface area contributed by atoms with Crippen LogP contribution in [0, 0.1) is 0 Å². The van der Waals surface area contributed by atoms with E-state index in [9.17, 15) is 13.5 Å². The Bertz CT molecular complexity index is 289. The van der Waals surface area contributed by atoms with Crippen LogP contribution in [-0.2, 0) is 10.2 Å². The van der Waals surface area contributed by atoms with Crippen molar-refractivity contribution in [1.29, 1.82) is 0 Å². The van der Waals surface area contributed by atoms with E-state index in [1.54, 1.807) is 0 Å². The minimum absolute atomic E-state index is 0.0660. The molecular weight excluding hydrogens is 192 g/mol. The number of aliphatic hydroxyl groups excluding tert-OH is 1. The van der Waals surface area contributed by atoms with Gasteiger partial charge >= 0.3 is 0 Å². The summed E-state index contributed by atoms with van der Waals surface area (Å²) in [6.45, 7) is 0. The van der Waals surface area contributed by atoms with Crippen molar-refractivity contribution in [2.75, 3.05) is 0 Å². The highest BCUT2D eigenvalue weighted by atomic mass is 32.2. The highest BCUT2D eigenvalue weighted by molar-refractivity contribution is 7.86. The molecule has 76 valence electrons. The lowest BCUT2D eigenvalue weighted by Gasteiger charge is -2.34. The lowest BCUT2D eigenvalue weighted by molar-refractivity contribution is 0.0769. The number of hydrogen-bond donors (Lipinski definition) is 2. The molecule has 6 heteroatoms. The van der Waals surface area contributed by atoms with E-state index in [1.165, 1.54) is 4.31 Å². The van der Waals surface area contributed by atoms with Crippen LogP contribution in [0.5, 0.6) is 0 Å². The number of nitrogens with zero attached hydrogens (tertiary/aromatic N) is 1. The summed E-state index contributed by atoms with van der Waals surface area (Å²) in [5.41, 5.74) is 0. The van der Waals surface area contributed by atoms with Gasteiger partial charge in [-0.1, -0.05) is 0 Å². The number of hydrogen-bond acceptors (Lipinski definition) is 3. The van der Waals surface area contributed by atoms with Crippen LogP contribution in [-0.4, -0.2) is 36.0 Å². The van der Waals surface area contributed by atoms with Crippen LogP contribution >= 0.6 is 0 Å². The molecule has 0 aliphatic carbocycles. The molecular formula is C7H14N2O3S. The fraction of sp³-hybridized carbons (Fsp3) is 1.00. The highest BCUT2D eigenvalue weighted by Gasteiger charge is 2.45. The van der Waals surface area contributed by atoms with Crippen molar-refractivity contribution in [3.63, 3.8) is 0 Å². The van der Waals surface area contributed by atoms with E-state index in [0.29, 0.717) is 12.8 Å². The van der Waals surface area contributed by atoms with Crippen LogP contribution in [0.3, 0.4) is 0 Å². The molecule has 0 aromatic rings. The third-order valence-electron chi connectivity index (χ3n) is 2.94. The van der Waals surface area contributed by atoms with Crippen LogP contribution in [0.25, 0.3) is 0 Å². The molecule has 0 saturated carbocycles. The molecule has 2 saturated heterocycles. The average Bonchev–Trinajstić information content (AvgIpc) is 2.23. The predicted molar refractivity (Wildman–Crippen MR) is 47.0 cm³/mol. The van der Waals surface area contributed by atoms with Gasteiger partial charge in [-0.2, -0.15) is 12.7 Å². The van der Waals surface area contributed by atoms with Crippen LogP contribution in [0.2, 0.25) is 0 Å². The summed E-state index contributed by atoms with van der Waals surface area (Å²) >= 11 is 0. The first-order valence-electron chi connectivity index (χ1n) is 4.48. The van der Waals surface area contributed by atoms with Gasteiger partial charge in [0.1, 0.15) is 0 Å². The summed E-state index contributed by atoms with van der Waals surface area (Å²) in [4.78, 5) is 0. The molecule has 2 aliphatic heterocycles. The second kappa shape index (κ2) is 2.91. The smallest absolute Gasteiger partial charge is 0.277 e. The standard InChI is InChI=1S/C7H14N2O3S/c8-13(11,12)9-5-1-2-6(9)4-7(10)3-5/h5-7,10H,1-4H2,(H2,8,11,12). The van der Waals surface area contributed by atoms with Gasteiger partial charge in [-0.15, -0.1) is 0 Å². The topological polar surface area (TPSA) is 83.6 Å². The van der Waals surface area contributed by atoms with Gasteiger partial charge in [0.25, 0.3) is 10.2 Å². The maximum Gasteiger partial charge on any atom is 0.277 e. The van der Waals surface area contributed by atoms with Crippen molar-refractivity contribution >= 4 is 10.2 Å². The summed E-state index contributed by atoms with van der Waals surface area (Å²) in [6.07, 6.45) is 2.38. The van der Waals surface area contributed by atoms with Crippen molar-refractivity contribution in [2.45, 2.75) is 43.9 Å². The van der Waals surface area contributed by atoms with Gasteiger partial charge in [0.15, 0.2) is 0 Å². The lowest BCUT2D eigenvalue weighted by atomic mass is 10.0. The van der Waals surface area contributed by atoms with Crippen LogP contribution < -0.4 is 5.14 Å². The highest BCUT2D eigenvalue weighted by Crippen LogP contribution is 2.36. The van der Waals surface area contributed by atoms with Crippen molar-refractivity contribution in [2.24, 2.45) is 5.14 Å². The van der Waals surface area contributed by atoms with Gasteiger partial charge in [0.05, 0.1) is 6.10 Å². The first-order valence-corrected chi connectivity index (χ1v) is 5.98. The van der Waals surface area contributed by atoms with E-state index in [4.69, 9.17) is 5.14 Å². The fourth-order valence-electron chi connectivity index (χ4n) is 2.52. The average molecular weight is 206 g/mol. The zero-order valence-corrected chi connectivity index (χ0v) is 8.07. The Hall–Kier alpha value is -0.170. The van der Waals surface area contributed by atoms with E-state index in [-0.39, 0.29) is 18.2 Å². The maximum atomic E-state index is 11.2. The third-order valence-corrected chi connectivity index (χ3v) is 4.12. The Morgan fingerprint density at radius 1 is 1.23 bits per heavy atom. The van der Waals surface area contributed by atoms with Crippen LogP contribution in [0.1, 0.15) is 25.7 Å². The molecule has 2 bridgehead atoms. The molecule has 13 heavy (non-hydrogen) atoms. The van der Waals surface area contributed by atoms with E-state index >= 15 is 0 Å². The first-order chi connectivity index (χ1) is 5.98. The van der Waals surface area contributed by atoms with E-state index in [1.807, 2.05) is 0 Å². The number of piperidine rings is 1. The minimum atomic E-state index is -3.56. The Balaban J connectivity index is 2.25. The van der Waals surface area contributed by atoms with Crippen molar-refractivity contribution < 1.29 is 13.5 Å². The number of nitrogens with two attached hydrogens (primary N) is 1. The van der Waals surface area contributed by atoms with E-state index in [2.05, 4.69) is 0 Å². The Labute approximate surface area is 77.7 Å². The number of rotatable bonds is 1. The van der Waals surface area contributed by atoms with Gasteiger partial charge < -0.3 is 5.11 Å². The van der Waals surface area contributed by atoms with Gasteiger partial charge in [-0.05, 0) is 25.7 Å². The second-order valence-electron chi connectivity index (χ2n) is 3.89. The lowest BCUT2D eigenvalue weighted by Crippen LogP contribution is -2.50. The zero-order chi connectivity index (χ0) is 9.64. The first kappa shape index (κ1) is 9.39. The predicted octanol–water partition coefficient (Wildman–Crippen LogP) is -0.822. The van der Waals surface area contributed by atoms with Crippen molar-refractivity contribution in [3.8, 4) is 0 Å². The van der Waals surface area contributed by atoms with Crippen LogP contribution in [0.4, 0.5) is 0 Å². The molecule has 2 rings (SSSR count). The number of fused-ring (bicyclic) bond motifs is 2. The molecule has 0 aromatic heterocycles. The summed E-state index contributed by atoms with van der Waals surface area (Å²) in [5, 5.41) is 14.5. The maximum absolute atomic E-state index is 11.2. The minimum Gasteiger partial charge on any atom is -0.393 e. The van der Waals surface area contributed by atoms with Crippen molar-refractivity contribution in [1.82, 2.24) is 4.31 Å². The second-order valence-corrected chi connectivity index (χ2v) is 5.34. The van der Waals surface area contributed by atoms with Gasteiger partial charge in [-0.25, -0.2) is 5.14 Å².